The van der Waals surface area contributed by atoms with E-state index in [1.54, 1.807) is 0 Å². The molecule has 0 radical (unpaired) electrons. The van der Waals surface area contributed by atoms with Crippen LogP contribution in [-0.2, 0) is 4.79 Å². The van der Waals surface area contributed by atoms with Gasteiger partial charge in [0.1, 0.15) is 6.04 Å². The second kappa shape index (κ2) is 8.25. The number of piperidine rings is 1. The van der Waals surface area contributed by atoms with E-state index < -0.39 is 0 Å². The number of amides is 2. The molecule has 6 nitrogen and oxygen atoms in total. The summed E-state index contributed by atoms with van der Waals surface area (Å²) in [5.41, 5.74) is 3.86. The van der Waals surface area contributed by atoms with E-state index >= 15 is 0 Å². The van der Waals surface area contributed by atoms with Crippen molar-refractivity contribution in [1.82, 2.24) is 4.90 Å². The summed E-state index contributed by atoms with van der Waals surface area (Å²) in [5.74, 6) is 0.232. The van der Waals surface area contributed by atoms with E-state index in [1.807, 2.05) is 47.1 Å². The third-order valence-electron chi connectivity index (χ3n) is 6.88. The van der Waals surface area contributed by atoms with Crippen LogP contribution in [0.3, 0.4) is 0 Å². The van der Waals surface area contributed by atoms with E-state index in [2.05, 4.69) is 28.0 Å². The molecule has 0 aromatic heterocycles. The van der Waals surface area contributed by atoms with Crippen molar-refractivity contribution in [2.75, 3.05) is 54.0 Å². The molecule has 2 fully saturated rings. The van der Waals surface area contributed by atoms with E-state index in [0.29, 0.717) is 25.2 Å². The van der Waals surface area contributed by atoms with Gasteiger partial charge in [-0.05, 0) is 56.5 Å². The highest BCUT2D eigenvalue weighted by Crippen LogP contribution is 2.40. The van der Waals surface area contributed by atoms with E-state index in [1.165, 1.54) is 5.69 Å². The molecule has 2 saturated heterocycles. The maximum absolute atomic E-state index is 13.3. The molecule has 2 aromatic carbocycles. The van der Waals surface area contributed by atoms with Gasteiger partial charge in [-0.25, -0.2) is 0 Å². The predicted octanol–water partition coefficient (Wildman–Crippen LogP) is 3.37. The molecule has 2 amide bonds. The molecule has 0 N–H and O–H groups in total. The lowest BCUT2D eigenvalue weighted by atomic mass is 9.95. The Morgan fingerprint density at radius 3 is 2.45 bits per heavy atom. The zero-order valence-corrected chi connectivity index (χ0v) is 18.2. The van der Waals surface area contributed by atoms with Crippen LogP contribution in [0.1, 0.15) is 36.5 Å². The lowest BCUT2D eigenvalue weighted by Gasteiger charge is -2.45. The van der Waals surface area contributed by atoms with Gasteiger partial charge in [0.05, 0.1) is 11.4 Å². The summed E-state index contributed by atoms with van der Waals surface area (Å²) in [6.07, 6.45) is 3.13. The number of benzene rings is 2. The van der Waals surface area contributed by atoms with Crippen LogP contribution < -0.4 is 14.7 Å². The fraction of sp³-hybridized carbons (Fsp3) is 0.440. The normalized spacial score (nSPS) is 21.1. The number of carbonyl (C=O) groups excluding carboxylic acids is 2. The number of carbonyl (C=O) groups is 2. The van der Waals surface area contributed by atoms with Crippen LogP contribution in [0.25, 0.3) is 0 Å². The van der Waals surface area contributed by atoms with Crippen molar-refractivity contribution in [3.05, 3.63) is 54.1 Å². The molecular formula is C25H30N4O2. The fourth-order valence-electron chi connectivity index (χ4n) is 5.21. The van der Waals surface area contributed by atoms with E-state index in [-0.39, 0.29) is 17.9 Å². The molecule has 162 valence electrons. The van der Waals surface area contributed by atoms with Crippen molar-refractivity contribution < 1.29 is 9.59 Å². The summed E-state index contributed by atoms with van der Waals surface area (Å²) in [6, 6.07) is 16.2. The van der Waals surface area contributed by atoms with E-state index in [4.69, 9.17) is 0 Å². The summed E-state index contributed by atoms with van der Waals surface area (Å²) in [5, 5.41) is 0. The maximum Gasteiger partial charge on any atom is 0.254 e. The first kappa shape index (κ1) is 19.9. The van der Waals surface area contributed by atoms with Crippen molar-refractivity contribution in [2.24, 2.45) is 0 Å². The van der Waals surface area contributed by atoms with Crippen molar-refractivity contribution in [3.8, 4) is 0 Å². The number of rotatable bonds is 3. The van der Waals surface area contributed by atoms with Crippen LogP contribution in [-0.4, -0.2) is 62.0 Å². The van der Waals surface area contributed by atoms with E-state index in [0.717, 1.165) is 50.3 Å². The van der Waals surface area contributed by atoms with Crippen LogP contribution >= 0.6 is 0 Å². The first-order valence-corrected chi connectivity index (χ1v) is 11.5. The molecule has 2 aromatic rings. The van der Waals surface area contributed by atoms with Crippen LogP contribution in [0.15, 0.2) is 48.5 Å². The number of hydrogen-bond acceptors (Lipinski definition) is 4. The molecule has 1 atom stereocenters. The Kier molecular flexibility index (Phi) is 5.30. The molecule has 0 spiro atoms. The fourth-order valence-corrected chi connectivity index (χ4v) is 5.21. The Bertz CT molecular complexity index is 969. The number of anilines is 3. The molecule has 3 aliphatic rings. The smallest absolute Gasteiger partial charge is 0.254 e. The lowest BCUT2D eigenvalue weighted by molar-refractivity contribution is -0.120. The zero-order chi connectivity index (χ0) is 21.4. The number of nitrogens with zero attached hydrogens (tertiary/aromatic N) is 4. The largest absolute Gasteiger partial charge is 0.368 e. The SMILES string of the molecule is CCN1C(=O)[C@@H]2CCCCN2c2ccc(C(=O)N3CCN(c4ccccc4)CC3)cc21. The van der Waals surface area contributed by atoms with Crippen molar-refractivity contribution >= 4 is 28.9 Å². The minimum absolute atomic E-state index is 0.0474. The topological polar surface area (TPSA) is 47.1 Å². The lowest BCUT2D eigenvalue weighted by Crippen LogP contribution is -2.55. The highest BCUT2D eigenvalue weighted by Gasteiger charge is 2.39. The van der Waals surface area contributed by atoms with Crippen LogP contribution in [0.5, 0.6) is 0 Å². The summed E-state index contributed by atoms with van der Waals surface area (Å²) in [4.78, 5) is 34.7. The Hall–Kier alpha value is -3.02. The second-order valence-corrected chi connectivity index (χ2v) is 8.61. The molecule has 0 unspecified atom stereocenters. The highest BCUT2D eigenvalue weighted by atomic mass is 16.2. The monoisotopic (exact) mass is 418 g/mol. The Morgan fingerprint density at radius 1 is 0.935 bits per heavy atom. The molecule has 3 heterocycles. The molecule has 0 saturated carbocycles. The average Bonchev–Trinajstić information content (AvgIpc) is 2.84. The van der Waals surface area contributed by atoms with Gasteiger partial charge < -0.3 is 19.6 Å². The van der Waals surface area contributed by atoms with Gasteiger partial charge >= 0.3 is 0 Å². The van der Waals surface area contributed by atoms with Crippen molar-refractivity contribution in [3.63, 3.8) is 0 Å². The van der Waals surface area contributed by atoms with Gasteiger partial charge in [0.15, 0.2) is 0 Å². The second-order valence-electron chi connectivity index (χ2n) is 8.61. The maximum atomic E-state index is 13.3. The highest BCUT2D eigenvalue weighted by molar-refractivity contribution is 6.07. The van der Waals surface area contributed by atoms with Crippen molar-refractivity contribution in [1.29, 1.82) is 0 Å². The Labute approximate surface area is 184 Å². The first-order valence-electron chi connectivity index (χ1n) is 11.5. The molecule has 5 rings (SSSR count). The minimum atomic E-state index is -0.0474. The van der Waals surface area contributed by atoms with Crippen LogP contribution in [0, 0.1) is 0 Å². The predicted molar refractivity (Wildman–Crippen MR) is 124 cm³/mol. The number of hydrogen-bond donors (Lipinski definition) is 0. The van der Waals surface area contributed by atoms with Crippen LogP contribution in [0.4, 0.5) is 17.1 Å². The third-order valence-corrected chi connectivity index (χ3v) is 6.88. The van der Waals surface area contributed by atoms with Gasteiger partial charge in [0.25, 0.3) is 5.91 Å². The molecule has 0 aliphatic carbocycles. The first-order chi connectivity index (χ1) is 15.2. The average molecular weight is 419 g/mol. The number of piperazine rings is 1. The van der Waals surface area contributed by atoms with Gasteiger partial charge in [-0.15, -0.1) is 0 Å². The van der Waals surface area contributed by atoms with Crippen molar-refractivity contribution in [2.45, 2.75) is 32.2 Å². The zero-order valence-electron chi connectivity index (χ0n) is 18.2. The van der Waals surface area contributed by atoms with Gasteiger partial charge in [-0.1, -0.05) is 18.2 Å². The third kappa shape index (κ3) is 3.54. The summed E-state index contributed by atoms with van der Waals surface area (Å²) in [7, 11) is 0. The van der Waals surface area contributed by atoms with Crippen LogP contribution in [0.2, 0.25) is 0 Å². The molecule has 0 bridgehead atoms. The molecule has 31 heavy (non-hydrogen) atoms. The minimum Gasteiger partial charge on any atom is -0.368 e. The number of para-hydroxylation sites is 1. The van der Waals surface area contributed by atoms with Gasteiger partial charge in [0, 0.05) is 50.5 Å². The molecule has 6 heteroatoms. The summed E-state index contributed by atoms with van der Waals surface area (Å²) in [6.45, 7) is 6.62. The van der Waals surface area contributed by atoms with Gasteiger partial charge in [0.2, 0.25) is 5.91 Å². The van der Waals surface area contributed by atoms with E-state index in [9.17, 15) is 9.59 Å². The standard InChI is InChI=1S/C25H30N4O2/c1-2-28-23-18-19(11-12-21(23)29-13-7-6-10-22(29)25(28)31)24(30)27-16-14-26(15-17-27)20-8-4-3-5-9-20/h3-5,8-9,11-12,18,22H,2,6-7,10,13-17H2,1H3/t22-/m0/s1. The van der Waals surface area contributed by atoms with Gasteiger partial charge in [-0.3, -0.25) is 9.59 Å². The van der Waals surface area contributed by atoms with Gasteiger partial charge in [-0.2, -0.15) is 0 Å². The molecule has 3 aliphatic heterocycles. The Balaban J connectivity index is 1.35. The Morgan fingerprint density at radius 2 is 1.71 bits per heavy atom. The summed E-state index contributed by atoms with van der Waals surface area (Å²) >= 11 is 0. The summed E-state index contributed by atoms with van der Waals surface area (Å²) < 4.78 is 0. The number of fused-ring (bicyclic) bond motifs is 3. The number of likely N-dealkylation sites (N-methyl/N-ethyl adjacent to an activating group) is 1. The molecular weight excluding hydrogens is 388 g/mol. The quantitative estimate of drug-likeness (QED) is 0.767.